The van der Waals surface area contributed by atoms with Crippen LogP contribution >= 0.6 is 0 Å². The fraction of sp³-hybridized carbons (Fsp3) is 0.840. The van der Waals surface area contributed by atoms with Crippen molar-refractivity contribution in [2.75, 3.05) is 0 Å². The van der Waals surface area contributed by atoms with Gasteiger partial charge < -0.3 is 0 Å². The van der Waals surface area contributed by atoms with E-state index >= 15 is 0 Å². The second-order valence-corrected chi connectivity index (χ2v) is 10.3. The van der Waals surface area contributed by atoms with Crippen molar-refractivity contribution in [3.05, 3.63) is 0 Å². The SMILES string of the molecule is CCCC(=O)C1C(=O)C(CCC(C)C)C(=O)C(CCC(C)C)(CCC(C)C)C1=O. The van der Waals surface area contributed by atoms with Crippen LogP contribution in [0.3, 0.4) is 0 Å². The molecule has 4 heteroatoms. The van der Waals surface area contributed by atoms with Crippen molar-refractivity contribution in [3.8, 4) is 0 Å². The molecule has 0 radical (unpaired) electrons. The maximum atomic E-state index is 13.7. The molecular formula is C25H42O4. The Hall–Kier alpha value is -1.32. The van der Waals surface area contributed by atoms with Crippen molar-refractivity contribution < 1.29 is 19.2 Å². The molecule has 0 aliphatic heterocycles. The van der Waals surface area contributed by atoms with Crippen LogP contribution in [0.2, 0.25) is 0 Å². The largest absolute Gasteiger partial charge is 0.298 e. The van der Waals surface area contributed by atoms with Crippen molar-refractivity contribution in [1.82, 2.24) is 0 Å². The Kier molecular flexibility index (Phi) is 9.91. The smallest absolute Gasteiger partial charge is 0.164 e. The van der Waals surface area contributed by atoms with Crippen LogP contribution < -0.4 is 0 Å². The molecule has 29 heavy (non-hydrogen) atoms. The van der Waals surface area contributed by atoms with Crippen molar-refractivity contribution in [2.45, 2.75) is 99.8 Å². The molecule has 166 valence electrons. The van der Waals surface area contributed by atoms with Gasteiger partial charge in [-0.05, 0) is 62.7 Å². The number of carbonyl (C=O) groups is 4. The molecule has 0 amide bonds. The van der Waals surface area contributed by atoms with Gasteiger partial charge in [-0.15, -0.1) is 0 Å². The quantitative estimate of drug-likeness (QED) is 0.395. The lowest BCUT2D eigenvalue weighted by Crippen LogP contribution is -2.58. The van der Waals surface area contributed by atoms with Crippen molar-refractivity contribution in [3.63, 3.8) is 0 Å². The summed E-state index contributed by atoms with van der Waals surface area (Å²) in [4.78, 5) is 53.3. The lowest BCUT2D eigenvalue weighted by Gasteiger charge is -2.41. The van der Waals surface area contributed by atoms with Gasteiger partial charge in [-0.25, -0.2) is 0 Å². The minimum atomic E-state index is -1.23. The van der Waals surface area contributed by atoms with Gasteiger partial charge in [0.25, 0.3) is 0 Å². The van der Waals surface area contributed by atoms with Gasteiger partial charge >= 0.3 is 0 Å². The molecule has 1 saturated carbocycles. The molecule has 0 heterocycles. The fourth-order valence-electron chi connectivity index (χ4n) is 4.35. The normalized spacial score (nSPS) is 22.2. The molecule has 0 N–H and O–H groups in total. The third-order valence-electron chi connectivity index (χ3n) is 6.30. The van der Waals surface area contributed by atoms with Crippen LogP contribution in [0.15, 0.2) is 0 Å². The maximum Gasteiger partial charge on any atom is 0.164 e. The zero-order chi connectivity index (χ0) is 22.4. The molecule has 1 fully saturated rings. The average molecular weight is 407 g/mol. The predicted octanol–water partition coefficient (Wildman–Crippen LogP) is 5.60. The first-order valence-corrected chi connectivity index (χ1v) is 11.6. The summed E-state index contributed by atoms with van der Waals surface area (Å²) < 4.78 is 0. The van der Waals surface area contributed by atoms with Crippen LogP contribution in [-0.4, -0.2) is 23.1 Å². The predicted molar refractivity (Wildman–Crippen MR) is 117 cm³/mol. The lowest BCUT2D eigenvalue weighted by atomic mass is 9.57. The third-order valence-corrected chi connectivity index (χ3v) is 6.30. The summed E-state index contributed by atoms with van der Waals surface area (Å²) in [5.41, 5.74) is -1.17. The van der Waals surface area contributed by atoms with Gasteiger partial charge in [0.05, 0.1) is 11.3 Å². The van der Waals surface area contributed by atoms with Gasteiger partial charge in [0, 0.05) is 6.42 Å². The highest BCUT2D eigenvalue weighted by Crippen LogP contribution is 2.45. The molecule has 2 unspecified atom stereocenters. The van der Waals surface area contributed by atoms with Crippen LogP contribution in [0.5, 0.6) is 0 Å². The first kappa shape index (κ1) is 25.7. The summed E-state index contributed by atoms with van der Waals surface area (Å²) in [6.45, 7) is 14.3. The molecule has 0 aromatic rings. The molecular weight excluding hydrogens is 364 g/mol. The van der Waals surface area contributed by atoms with Crippen LogP contribution in [0.4, 0.5) is 0 Å². The third kappa shape index (κ3) is 6.33. The maximum absolute atomic E-state index is 13.7. The van der Waals surface area contributed by atoms with E-state index in [0.29, 0.717) is 43.4 Å². The molecule has 0 aromatic heterocycles. The molecule has 0 spiro atoms. The van der Waals surface area contributed by atoms with E-state index < -0.39 is 28.8 Å². The van der Waals surface area contributed by atoms with Crippen LogP contribution in [0.25, 0.3) is 0 Å². The van der Waals surface area contributed by atoms with E-state index in [4.69, 9.17) is 0 Å². The number of carbonyl (C=O) groups excluding carboxylic acids is 4. The zero-order valence-corrected chi connectivity index (χ0v) is 19.7. The van der Waals surface area contributed by atoms with Crippen molar-refractivity contribution in [1.29, 1.82) is 0 Å². The summed E-state index contributed by atoms with van der Waals surface area (Å²) in [7, 11) is 0. The Morgan fingerprint density at radius 2 is 1.31 bits per heavy atom. The van der Waals surface area contributed by atoms with Gasteiger partial charge in [-0.3, -0.25) is 19.2 Å². The molecule has 0 aromatic carbocycles. The Balaban J connectivity index is 3.44. The van der Waals surface area contributed by atoms with Crippen LogP contribution in [0.1, 0.15) is 99.8 Å². The number of Topliss-reactive ketones (excluding diaryl/α,β-unsaturated/α-hetero) is 4. The van der Waals surface area contributed by atoms with Gasteiger partial charge in [-0.2, -0.15) is 0 Å². The summed E-state index contributed by atoms with van der Waals surface area (Å²) in [5, 5.41) is 0. The van der Waals surface area contributed by atoms with E-state index in [9.17, 15) is 19.2 Å². The highest BCUT2D eigenvalue weighted by molar-refractivity contribution is 6.33. The topological polar surface area (TPSA) is 68.3 Å². The Morgan fingerprint density at radius 3 is 1.72 bits per heavy atom. The number of hydrogen-bond donors (Lipinski definition) is 0. The highest BCUT2D eigenvalue weighted by Gasteiger charge is 2.59. The van der Waals surface area contributed by atoms with E-state index in [1.165, 1.54) is 0 Å². The molecule has 0 bridgehead atoms. The van der Waals surface area contributed by atoms with E-state index in [1.807, 2.05) is 6.92 Å². The molecule has 0 saturated heterocycles. The van der Waals surface area contributed by atoms with E-state index in [1.54, 1.807) is 0 Å². The summed E-state index contributed by atoms with van der Waals surface area (Å²) >= 11 is 0. The first-order chi connectivity index (χ1) is 13.5. The van der Waals surface area contributed by atoms with Crippen molar-refractivity contribution >= 4 is 23.1 Å². The zero-order valence-electron chi connectivity index (χ0n) is 19.7. The van der Waals surface area contributed by atoms with Gasteiger partial charge in [-0.1, -0.05) is 48.5 Å². The van der Waals surface area contributed by atoms with Gasteiger partial charge in [0.1, 0.15) is 5.92 Å². The fourth-order valence-corrected chi connectivity index (χ4v) is 4.35. The summed E-state index contributed by atoms with van der Waals surface area (Å²) in [6.07, 6.45) is 4.42. The number of hydrogen-bond acceptors (Lipinski definition) is 4. The Bertz CT molecular complexity index is 588. The van der Waals surface area contributed by atoms with E-state index in [0.717, 1.165) is 19.3 Å². The number of ketones is 4. The Labute approximate surface area is 177 Å². The minimum Gasteiger partial charge on any atom is -0.298 e. The van der Waals surface area contributed by atoms with Crippen molar-refractivity contribution in [2.24, 2.45) is 35.0 Å². The van der Waals surface area contributed by atoms with E-state index in [-0.39, 0.29) is 18.0 Å². The van der Waals surface area contributed by atoms with E-state index in [2.05, 4.69) is 41.5 Å². The molecule has 2 atom stereocenters. The molecule has 1 rings (SSSR count). The monoisotopic (exact) mass is 406 g/mol. The van der Waals surface area contributed by atoms with Crippen LogP contribution in [-0.2, 0) is 19.2 Å². The Morgan fingerprint density at radius 1 is 0.828 bits per heavy atom. The van der Waals surface area contributed by atoms with Gasteiger partial charge in [0.2, 0.25) is 0 Å². The molecule has 1 aliphatic rings. The highest BCUT2D eigenvalue weighted by atomic mass is 16.2. The van der Waals surface area contributed by atoms with Gasteiger partial charge in [0.15, 0.2) is 23.1 Å². The summed E-state index contributed by atoms with van der Waals surface area (Å²) in [6, 6.07) is 0. The second-order valence-electron chi connectivity index (χ2n) is 10.3. The van der Waals surface area contributed by atoms with Crippen LogP contribution in [0, 0.1) is 35.0 Å². The average Bonchev–Trinajstić information content (AvgIpc) is 2.61. The molecule has 4 nitrogen and oxygen atoms in total. The minimum absolute atomic E-state index is 0.199. The number of rotatable bonds is 12. The lowest BCUT2D eigenvalue weighted by molar-refractivity contribution is -0.160. The molecule has 1 aliphatic carbocycles. The summed E-state index contributed by atoms with van der Waals surface area (Å²) in [5.74, 6) is -2.29. The second kappa shape index (κ2) is 11.2. The first-order valence-electron chi connectivity index (χ1n) is 11.6. The standard InChI is InChI=1S/C25H42O4/c1-8-9-20(26)21-22(27)19(11-10-16(2)3)23(28)25(24(21)29,14-12-17(4)5)15-13-18(6)7/h16-19,21H,8-15H2,1-7H3.